The molecule has 0 radical (unpaired) electrons. The van der Waals surface area contributed by atoms with Gasteiger partial charge in [-0.2, -0.15) is 0 Å². The third-order valence-electron chi connectivity index (χ3n) is 4.88. The van der Waals surface area contributed by atoms with Gasteiger partial charge in [0.05, 0.1) is 0 Å². The molecule has 4 heteroatoms. The summed E-state index contributed by atoms with van der Waals surface area (Å²) in [5.41, 5.74) is 1.26. The lowest BCUT2D eigenvalue weighted by Gasteiger charge is -2.34. The van der Waals surface area contributed by atoms with Gasteiger partial charge in [-0.25, -0.2) is 0 Å². The van der Waals surface area contributed by atoms with E-state index in [1.165, 1.54) is 31.5 Å². The molecule has 1 saturated heterocycles. The van der Waals surface area contributed by atoms with Crippen LogP contribution in [0, 0.1) is 5.92 Å². The third kappa shape index (κ3) is 3.33. The van der Waals surface area contributed by atoms with E-state index in [0.29, 0.717) is 18.9 Å². The number of nitrogens with one attached hydrogen (secondary N) is 1. The first-order valence-electron chi connectivity index (χ1n) is 7.97. The van der Waals surface area contributed by atoms with E-state index < -0.39 is 0 Å². The molecule has 0 amide bonds. The second-order valence-electron chi connectivity index (χ2n) is 6.43. The van der Waals surface area contributed by atoms with Crippen molar-refractivity contribution in [2.24, 2.45) is 5.92 Å². The highest BCUT2D eigenvalue weighted by Gasteiger charge is 2.24. The van der Waals surface area contributed by atoms with Crippen molar-refractivity contribution < 1.29 is 9.47 Å². The summed E-state index contributed by atoms with van der Waals surface area (Å²) in [4.78, 5) is 2.42. The zero-order valence-electron chi connectivity index (χ0n) is 13.3. The Labute approximate surface area is 127 Å². The average Bonchev–Trinajstić information content (AvgIpc) is 2.95. The van der Waals surface area contributed by atoms with E-state index in [9.17, 15) is 0 Å². The number of piperidine rings is 1. The highest BCUT2D eigenvalue weighted by atomic mass is 16.7. The molecule has 116 valence electrons. The van der Waals surface area contributed by atoms with Crippen molar-refractivity contribution in [1.29, 1.82) is 0 Å². The molecule has 2 unspecified atom stereocenters. The fourth-order valence-corrected chi connectivity index (χ4v) is 3.34. The SMILES string of the molecule is CC(NC(C)C1CCN(C)CC1)c1ccc2c(c1)OCO2. The monoisotopic (exact) mass is 290 g/mol. The maximum absolute atomic E-state index is 5.47. The van der Waals surface area contributed by atoms with E-state index >= 15 is 0 Å². The Morgan fingerprint density at radius 3 is 2.62 bits per heavy atom. The molecule has 2 heterocycles. The number of nitrogens with zero attached hydrogens (tertiary/aromatic N) is 1. The molecule has 0 saturated carbocycles. The van der Waals surface area contributed by atoms with Crippen LogP contribution >= 0.6 is 0 Å². The lowest BCUT2D eigenvalue weighted by molar-refractivity contribution is 0.174. The second-order valence-corrected chi connectivity index (χ2v) is 6.43. The summed E-state index contributed by atoms with van der Waals surface area (Å²) in [6.07, 6.45) is 2.58. The Bertz CT molecular complexity index is 484. The summed E-state index contributed by atoms with van der Waals surface area (Å²) in [6.45, 7) is 7.32. The van der Waals surface area contributed by atoms with Crippen molar-refractivity contribution in [3.05, 3.63) is 23.8 Å². The Morgan fingerprint density at radius 2 is 1.86 bits per heavy atom. The van der Waals surface area contributed by atoms with Gasteiger partial charge in [0.15, 0.2) is 11.5 Å². The largest absolute Gasteiger partial charge is 0.454 e. The summed E-state index contributed by atoms with van der Waals surface area (Å²) in [7, 11) is 2.21. The second kappa shape index (κ2) is 6.24. The molecule has 2 aliphatic rings. The number of benzene rings is 1. The van der Waals surface area contributed by atoms with Gasteiger partial charge < -0.3 is 19.7 Å². The molecular weight excluding hydrogens is 264 g/mol. The molecule has 4 nitrogen and oxygen atoms in total. The van der Waals surface area contributed by atoms with Crippen molar-refractivity contribution in [2.45, 2.75) is 38.8 Å². The van der Waals surface area contributed by atoms with Gasteiger partial charge in [0.1, 0.15) is 0 Å². The van der Waals surface area contributed by atoms with Gasteiger partial charge >= 0.3 is 0 Å². The Morgan fingerprint density at radius 1 is 1.14 bits per heavy atom. The molecule has 2 atom stereocenters. The van der Waals surface area contributed by atoms with Gasteiger partial charge in [0.25, 0.3) is 0 Å². The first-order chi connectivity index (χ1) is 10.1. The predicted molar refractivity (Wildman–Crippen MR) is 83.8 cm³/mol. The van der Waals surface area contributed by atoms with Gasteiger partial charge in [-0.05, 0) is 70.4 Å². The number of hydrogen-bond acceptors (Lipinski definition) is 4. The quantitative estimate of drug-likeness (QED) is 0.924. The van der Waals surface area contributed by atoms with Crippen LogP contribution in [0.1, 0.15) is 38.3 Å². The highest BCUT2D eigenvalue weighted by molar-refractivity contribution is 5.45. The van der Waals surface area contributed by atoms with Crippen molar-refractivity contribution >= 4 is 0 Å². The molecule has 0 spiro atoms. The van der Waals surface area contributed by atoms with Crippen molar-refractivity contribution in [3.63, 3.8) is 0 Å². The summed E-state index contributed by atoms with van der Waals surface area (Å²) in [6, 6.07) is 7.11. The third-order valence-corrected chi connectivity index (χ3v) is 4.88. The Balaban J connectivity index is 1.59. The lowest BCUT2D eigenvalue weighted by Crippen LogP contribution is -2.41. The minimum atomic E-state index is 0.328. The van der Waals surface area contributed by atoms with E-state index in [0.717, 1.165) is 17.4 Å². The Hall–Kier alpha value is -1.26. The molecule has 21 heavy (non-hydrogen) atoms. The van der Waals surface area contributed by atoms with Crippen LogP contribution in [0.15, 0.2) is 18.2 Å². The van der Waals surface area contributed by atoms with Crippen LogP contribution in [-0.2, 0) is 0 Å². The summed E-state index contributed by atoms with van der Waals surface area (Å²) >= 11 is 0. The molecule has 0 aliphatic carbocycles. The summed E-state index contributed by atoms with van der Waals surface area (Å²) < 4.78 is 10.8. The smallest absolute Gasteiger partial charge is 0.231 e. The van der Waals surface area contributed by atoms with Gasteiger partial charge in [-0.15, -0.1) is 0 Å². The number of likely N-dealkylation sites (tertiary alicyclic amines) is 1. The van der Waals surface area contributed by atoms with Crippen LogP contribution < -0.4 is 14.8 Å². The minimum Gasteiger partial charge on any atom is -0.454 e. The van der Waals surface area contributed by atoms with E-state index in [1.807, 2.05) is 6.07 Å². The van der Waals surface area contributed by atoms with Crippen LogP contribution in [0.25, 0.3) is 0 Å². The normalized spacial score (nSPS) is 22.2. The van der Waals surface area contributed by atoms with Crippen molar-refractivity contribution in [3.8, 4) is 11.5 Å². The zero-order chi connectivity index (χ0) is 14.8. The molecule has 2 aliphatic heterocycles. The van der Waals surface area contributed by atoms with Crippen molar-refractivity contribution in [2.75, 3.05) is 26.9 Å². The molecule has 3 rings (SSSR count). The molecule has 1 aromatic carbocycles. The van der Waals surface area contributed by atoms with Crippen LogP contribution in [0.4, 0.5) is 0 Å². The number of ether oxygens (including phenoxy) is 2. The first kappa shape index (κ1) is 14.7. The number of hydrogen-bond donors (Lipinski definition) is 1. The van der Waals surface area contributed by atoms with Gasteiger partial charge in [-0.3, -0.25) is 0 Å². The van der Waals surface area contributed by atoms with E-state index in [4.69, 9.17) is 9.47 Å². The fourth-order valence-electron chi connectivity index (χ4n) is 3.34. The standard InChI is InChI=1S/C17H26N2O2/c1-12(14-6-8-19(3)9-7-14)18-13(2)15-4-5-16-17(10-15)21-11-20-16/h4-5,10,12-14,18H,6-9,11H2,1-3H3. The molecule has 0 bridgehead atoms. The minimum absolute atomic E-state index is 0.328. The van der Waals surface area contributed by atoms with Gasteiger partial charge in [-0.1, -0.05) is 6.07 Å². The summed E-state index contributed by atoms with van der Waals surface area (Å²) in [5, 5.41) is 3.76. The molecule has 0 aromatic heterocycles. The van der Waals surface area contributed by atoms with Crippen LogP contribution in [0.3, 0.4) is 0 Å². The van der Waals surface area contributed by atoms with Gasteiger partial charge in [0.2, 0.25) is 6.79 Å². The first-order valence-corrected chi connectivity index (χ1v) is 7.97. The van der Waals surface area contributed by atoms with Crippen molar-refractivity contribution in [1.82, 2.24) is 10.2 Å². The van der Waals surface area contributed by atoms with Crippen LogP contribution in [0.5, 0.6) is 11.5 Å². The van der Waals surface area contributed by atoms with Crippen LogP contribution in [0.2, 0.25) is 0 Å². The number of rotatable bonds is 4. The maximum Gasteiger partial charge on any atom is 0.231 e. The lowest BCUT2D eigenvalue weighted by atomic mass is 9.90. The Kier molecular flexibility index (Phi) is 4.36. The molecule has 1 aromatic rings. The van der Waals surface area contributed by atoms with E-state index in [2.05, 4.69) is 43.2 Å². The number of fused-ring (bicyclic) bond motifs is 1. The van der Waals surface area contributed by atoms with Crippen LogP contribution in [-0.4, -0.2) is 37.9 Å². The van der Waals surface area contributed by atoms with E-state index in [-0.39, 0.29) is 0 Å². The molecule has 1 fully saturated rings. The summed E-state index contributed by atoms with van der Waals surface area (Å²) in [5.74, 6) is 2.50. The molecular formula is C17H26N2O2. The topological polar surface area (TPSA) is 33.7 Å². The van der Waals surface area contributed by atoms with Gasteiger partial charge in [0, 0.05) is 12.1 Å². The zero-order valence-corrected chi connectivity index (χ0v) is 13.3. The molecule has 1 N–H and O–H groups in total. The van der Waals surface area contributed by atoms with E-state index in [1.54, 1.807) is 0 Å². The highest BCUT2D eigenvalue weighted by Crippen LogP contribution is 2.34. The fraction of sp³-hybridized carbons (Fsp3) is 0.647. The maximum atomic E-state index is 5.47. The average molecular weight is 290 g/mol. The predicted octanol–water partition coefficient (Wildman–Crippen LogP) is 2.80.